The highest BCUT2D eigenvalue weighted by atomic mass is 32.1. The minimum absolute atomic E-state index is 0.105. The smallest absolute Gasteiger partial charge is 0.128 e. The van der Waals surface area contributed by atoms with E-state index in [1.807, 2.05) is 38.1 Å². The highest BCUT2D eigenvalue weighted by molar-refractivity contribution is 7.17. The average Bonchev–Trinajstić information content (AvgIpc) is 2.89. The topological polar surface area (TPSA) is 12.0 Å². The first-order chi connectivity index (χ1) is 10.2. The van der Waals surface area contributed by atoms with Crippen LogP contribution in [0.5, 0.6) is 0 Å². The molecule has 0 saturated heterocycles. The van der Waals surface area contributed by atoms with Crippen LogP contribution in [-0.4, -0.2) is 6.54 Å². The largest absolute Gasteiger partial charge is 0.306 e. The molecular weight excluding hydrogens is 281 g/mol. The van der Waals surface area contributed by atoms with Gasteiger partial charge in [0.2, 0.25) is 0 Å². The molecule has 0 radical (unpaired) electrons. The van der Waals surface area contributed by atoms with Crippen molar-refractivity contribution in [2.45, 2.75) is 19.9 Å². The van der Waals surface area contributed by atoms with Gasteiger partial charge in [0.05, 0.1) is 6.04 Å². The zero-order valence-corrected chi connectivity index (χ0v) is 13.0. The van der Waals surface area contributed by atoms with Crippen LogP contribution in [0.2, 0.25) is 0 Å². The second-order valence-electron chi connectivity index (χ2n) is 5.20. The third-order valence-electron chi connectivity index (χ3n) is 3.70. The summed E-state index contributed by atoms with van der Waals surface area (Å²) in [7, 11) is 0. The number of hydrogen-bond acceptors (Lipinski definition) is 2. The Balaban J connectivity index is 2.13. The molecule has 108 valence electrons. The van der Waals surface area contributed by atoms with Gasteiger partial charge in [-0.25, -0.2) is 4.39 Å². The Morgan fingerprint density at radius 1 is 1.14 bits per heavy atom. The summed E-state index contributed by atoms with van der Waals surface area (Å²) in [6.45, 7) is 4.75. The molecule has 1 N–H and O–H groups in total. The fourth-order valence-corrected chi connectivity index (χ4v) is 3.67. The van der Waals surface area contributed by atoms with E-state index >= 15 is 0 Å². The molecule has 1 nitrogen and oxygen atoms in total. The highest BCUT2D eigenvalue weighted by Gasteiger charge is 2.20. The second-order valence-corrected chi connectivity index (χ2v) is 6.11. The van der Waals surface area contributed by atoms with E-state index in [9.17, 15) is 4.39 Å². The van der Waals surface area contributed by atoms with Gasteiger partial charge in [-0.05, 0) is 47.5 Å². The molecule has 2 aromatic carbocycles. The zero-order valence-electron chi connectivity index (χ0n) is 12.2. The molecule has 0 aliphatic rings. The molecule has 0 aliphatic heterocycles. The van der Waals surface area contributed by atoms with Crippen molar-refractivity contribution in [2.75, 3.05) is 6.54 Å². The maximum Gasteiger partial charge on any atom is 0.128 e. The first kappa shape index (κ1) is 14.2. The molecular formula is C18H18FNS. The Bertz CT molecular complexity index is 763. The van der Waals surface area contributed by atoms with E-state index in [1.54, 1.807) is 17.4 Å². The van der Waals surface area contributed by atoms with E-state index < -0.39 is 0 Å². The van der Waals surface area contributed by atoms with Gasteiger partial charge < -0.3 is 5.32 Å². The molecule has 1 heterocycles. The quantitative estimate of drug-likeness (QED) is 0.711. The Morgan fingerprint density at radius 2 is 1.95 bits per heavy atom. The minimum Gasteiger partial charge on any atom is -0.306 e. The predicted molar refractivity (Wildman–Crippen MR) is 88.5 cm³/mol. The number of hydrogen-bond donors (Lipinski definition) is 1. The molecule has 0 amide bonds. The third kappa shape index (κ3) is 2.71. The fourth-order valence-electron chi connectivity index (χ4n) is 2.68. The molecule has 3 rings (SSSR count). The van der Waals surface area contributed by atoms with Crippen molar-refractivity contribution in [1.29, 1.82) is 0 Å². The van der Waals surface area contributed by atoms with Crippen LogP contribution in [0.4, 0.5) is 4.39 Å². The number of rotatable bonds is 4. The molecule has 0 saturated carbocycles. The van der Waals surface area contributed by atoms with Crippen LogP contribution in [0.25, 0.3) is 10.1 Å². The average molecular weight is 299 g/mol. The SMILES string of the molecule is CCNC(c1ccc(C)cc1F)c1csc2ccccc12. The summed E-state index contributed by atoms with van der Waals surface area (Å²) in [4.78, 5) is 0. The second kappa shape index (κ2) is 5.96. The maximum absolute atomic E-state index is 14.4. The van der Waals surface area contributed by atoms with Crippen molar-refractivity contribution in [2.24, 2.45) is 0 Å². The third-order valence-corrected chi connectivity index (χ3v) is 4.68. The molecule has 1 unspecified atom stereocenters. The number of thiophene rings is 1. The summed E-state index contributed by atoms with van der Waals surface area (Å²) >= 11 is 1.71. The Hall–Kier alpha value is -1.71. The van der Waals surface area contributed by atoms with Gasteiger partial charge in [0.15, 0.2) is 0 Å². The maximum atomic E-state index is 14.4. The van der Waals surface area contributed by atoms with Crippen LogP contribution < -0.4 is 5.32 Å². The Morgan fingerprint density at radius 3 is 2.71 bits per heavy atom. The Kier molecular flexibility index (Phi) is 4.04. The van der Waals surface area contributed by atoms with Crippen LogP contribution in [0, 0.1) is 12.7 Å². The molecule has 1 atom stereocenters. The van der Waals surface area contributed by atoms with Gasteiger partial charge >= 0.3 is 0 Å². The highest BCUT2D eigenvalue weighted by Crippen LogP contribution is 2.34. The van der Waals surface area contributed by atoms with Crippen molar-refractivity contribution >= 4 is 21.4 Å². The molecule has 0 fully saturated rings. The normalized spacial score (nSPS) is 12.7. The van der Waals surface area contributed by atoms with E-state index in [0.29, 0.717) is 5.56 Å². The van der Waals surface area contributed by atoms with Crippen LogP contribution in [0.3, 0.4) is 0 Å². The lowest BCUT2D eigenvalue weighted by Gasteiger charge is -2.19. The van der Waals surface area contributed by atoms with Crippen LogP contribution in [-0.2, 0) is 0 Å². The lowest BCUT2D eigenvalue weighted by atomic mass is 9.96. The number of halogens is 1. The van der Waals surface area contributed by atoms with Crippen LogP contribution in [0.15, 0.2) is 47.8 Å². The summed E-state index contributed by atoms with van der Waals surface area (Å²) in [5, 5.41) is 6.76. The first-order valence-electron chi connectivity index (χ1n) is 7.16. The van der Waals surface area contributed by atoms with E-state index in [0.717, 1.165) is 17.7 Å². The molecule has 3 heteroatoms. The van der Waals surface area contributed by atoms with Gasteiger partial charge in [0, 0.05) is 10.3 Å². The Labute approximate surface area is 128 Å². The minimum atomic E-state index is -0.142. The number of aryl methyl sites for hydroxylation is 1. The van der Waals surface area contributed by atoms with Crippen molar-refractivity contribution in [1.82, 2.24) is 5.32 Å². The van der Waals surface area contributed by atoms with E-state index in [2.05, 4.69) is 22.8 Å². The molecule has 1 aromatic heterocycles. The first-order valence-corrected chi connectivity index (χ1v) is 8.04. The zero-order chi connectivity index (χ0) is 14.8. The van der Waals surface area contributed by atoms with Crippen LogP contribution >= 0.6 is 11.3 Å². The number of nitrogens with one attached hydrogen (secondary N) is 1. The van der Waals surface area contributed by atoms with Crippen molar-refractivity contribution < 1.29 is 4.39 Å². The summed E-state index contributed by atoms with van der Waals surface area (Å²) in [6, 6.07) is 13.7. The van der Waals surface area contributed by atoms with E-state index in [1.165, 1.54) is 10.1 Å². The molecule has 0 spiro atoms. The monoisotopic (exact) mass is 299 g/mol. The van der Waals surface area contributed by atoms with Gasteiger partial charge in [0.1, 0.15) is 5.82 Å². The molecule has 3 aromatic rings. The number of fused-ring (bicyclic) bond motifs is 1. The van der Waals surface area contributed by atoms with Gasteiger partial charge in [-0.1, -0.05) is 37.3 Å². The standard InChI is InChI=1S/C18H18FNS/c1-3-20-18(14-9-8-12(2)10-16(14)19)15-11-21-17-7-5-4-6-13(15)17/h4-11,18,20H,3H2,1-2H3. The summed E-state index contributed by atoms with van der Waals surface area (Å²) in [6.07, 6.45) is 0. The molecule has 0 aliphatic carbocycles. The summed E-state index contributed by atoms with van der Waals surface area (Å²) in [5.41, 5.74) is 2.81. The van der Waals surface area contributed by atoms with Crippen molar-refractivity contribution in [3.05, 3.63) is 70.4 Å². The summed E-state index contributed by atoms with van der Waals surface area (Å²) < 4.78 is 15.6. The molecule has 0 bridgehead atoms. The fraction of sp³-hybridized carbons (Fsp3) is 0.222. The summed E-state index contributed by atoms with van der Waals surface area (Å²) in [5.74, 6) is -0.142. The van der Waals surface area contributed by atoms with Gasteiger partial charge in [-0.2, -0.15) is 0 Å². The molecule has 21 heavy (non-hydrogen) atoms. The van der Waals surface area contributed by atoms with Crippen molar-refractivity contribution in [3.8, 4) is 0 Å². The van der Waals surface area contributed by atoms with Gasteiger partial charge in [-0.3, -0.25) is 0 Å². The van der Waals surface area contributed by atoms with Crippen molar-refractivity contribution in [3.63, 3.8) is 0 Å². The lowest BCUT2D eigenvalue weighted by molar-refractivity contribution is 0.560. The van der Waals surface area contributed by atoms with Gasteiger partial charge in [0.25, 0.3) is 0 Å². The van der Waals surface area contributed by atoms with Crippen LogP contribution in [0.1, 0.15) is 29.7 Å². The van der Waals surface area contributed by atoms with E-state index in [4.69, 9.17) is 0 Å². The lowest BCUT2D eigenvalue weighted by Crippen LogP contribution is -2.22. The van der Waals surface area contributed by atoms with E-state index in [-0.39, 0.29) is 11.9 Å². The number of benzene rings is 2. The van der Waals surface area contributed by atoms with Gasteiger partial charge in [-0.15, -0.1) is 11.3 Å². The predicted octanol–water partition coefficient (Wildman–Crippen LogP) is 5.05.